The summed E-state index contributed by atoms with van der Waals surface area (Å²) in [5.74, 6) is 0. The van der Waals surface area contributed by atoms with E-state index < -0.39 is 0 Å². The monoisotopic (exact) mass is 226 g/mol. The maximum atomic E-state index is 11.6. The van der Waals surface area contributed by atoms with Gasteiger partial charge in [-0.05, 0) is 0 Å². The summed E-state index contributed by atoms with van der Waals surface area (Å²) in [6.45, 7) is 2.19. The molecule has 0 spiro atoms. The lowest BCUT2D eigenvalue weighted by atomic mass is 10.4. The molecule has 2 N–H and O–H groups in total. The van der Waals surface area contributed by atoms with Crippen LogP contribution in [0.5, 0.6) is 0 Å². The number of nitrogens with zero attached hydrogens (tertiary/aromatic N) is 3. The zero-order chi connectivity index (χ0) is 12.0. The van der Waals surface area contributed by atoms with E-state index in [0.717, 1.165) is 12.2 Å². The Morgan fingerprint density at radius 3 is 2.94 bits per heavy atom. The summed E-state index contributed by atoms with van der Waals surface area (Å²) in [5.41, 5.74) is 6.02. The molecule has 0 aromatic carbocycles. The Morgan fingerprint density at radius 1 is 1.62 bits per heavy atom. The molecule has 1 aromatic heterocycles. The summed E-state index contributed by atoms with van der Waals surface area (Å²) in [7, 11) is 3.54. The fourth-order valence-electron chi connectivity index (χ4n) is 1.28. The molecule has 1 heterocycles. The van der Waals surface area contributed by atoms with Crippen molar-refractivity contribution in [2.24, 2.45) is 5.73 Å². The molecule has 0 fully saturated rings. The highest BCUT2D eigenvalue weighted by Crippen LogP contribution is 2.05. The number of anilines is 1. The van der Waals surface area contributed by atoms with Crippen LogP contribution < -0.4 is 16.2 Å². The van der Waals surface area contributed by atoms with Gasteiger partial charge >= 0.3 is 0 Å². The third kappa shape index (κ3) is 3.32. The number of hydrogen-bond donors (Lipinski definition) is 1. The van der Waals surface area contributed by atoms with Crippen molar-refractivity contribution in [3.63, 3.8) is 0 Å². The fraction of sp³-hybridized carbons (Fsp3) is 0.600. The van der Waals surface area contributed by atoms with E-state index in [0.29, 0.717) is 19.7 Å². The minimum atomic E-state index is -0.132. The van der Waals surface area contributed by atoms with Gasteiger partial charge in [0.15, 0.2) is 0 Å². The summed E-state index contributed by atoms with van der Waals surface area (Å²) < 4.78 is 6.32. The third-order valence-electron chi connectivity index (χ3n) is 2.27. The van der Waals surface area contributed by atoms with Crippen molar-refractivity contribution in [2.75, 3.05) is 38.8 Å². The summed E-state index contributed by atoms with van der Waals surface area (Å²) in [6, 6.07) is 1.55. The molecule has 6 heteroatoms. The van der Waals surface area contributed by atoms with Gasteiger partial charge in [-0.25, -0.2) is 4.68 Å². The molecular formula is C10H18N4O2. The van der Waals surface area contributed by atoms with Crippen LogP contribution in [0, 0.1) is 0 Å². The van der Waals surface area contributed by atoms with Gasteiger partial charge in [-0.15, -0.1) is 0 Å². The van der Waals surface area contributed by atoms with E-state index in [9.17, 15) is 4.79 Å². The summed E-state index contributed by atoms with van der Waals surface area (Å²) in [6.07, 6.45) is 1.66. The van der Waals surface area contributed by atoms with Crippen molar-refractivity contribution in [2.45, 2.75) is 6.54 Å². The van der Waals surface area contributed by atoms with Crippen LogP contribution in [-0.2, 0) is 11.3 Å². The average Bonchev–Trinajstić information content (AvgIpc) is 2.29. The number of hydrogen-bond acceptors (Lipinski definition) is 5. The maximum Gasteiger partial charge on any atom is 0.268 e. The lowest BCUT2D eigenvalue weighted by molar-refractivity contribution is 0.206. The van der Waals surface area contributed by atoms with Gasteiger partial charge in [0, 0.05) is 33.3 Å². The van der Waals surface area contributed by atoms with Gasteiger partial charge in [-0.2, -0.15) is 5.10 Å². The second-order valence-corrected chi connectivity index (χ2v) is 3.48. The van der Waals surface area contributed by atoms with E-state index in [1.807, 2.05) is 11.9 Å². The number of likely N-dealkylation sites (N-methyl/N-ethyl adjacent to an activating group) is 1. The second kappa shape index (κ2) is 6.24. The molecule has 0 amide bonds. The van der Waals surface area contributed by atoms with E-state index in [2.05, 4.69) is 5.10 Å². The molecule has 0 aliphatic heterocycles. The molecule has 90 valence electrons. The molecule has 0 saturated heterocycles. The summed E-state index contributed by atoms with van der Waals surface area (Å²) >= 11 is 0. The molecule has 0 aliphatic rings. The quantitative estimate of drug-likeness (QED) is 0.693. The van der Waals surface area contributed by atoms with Crippen LogP contribution in [0.25, 0.3) is 0 Å². The second-order valence-electron chi connectivity index (χ2n) is 3.48. The molecule has 1 aromatic rings. The number of nitrogens with two attached hydrogens (primary N) is 1. The van der Waals surface area contributed by atoms with Gasteiger partial charge in [0.2, 0.25) is 0 Å². The van der Waals surface area contributed by atoms with E-state index in [1.165, 1.54) is 4.68 Å². The molecule has 0 unspecified atom stereocenters. The molecule has 6 nitrogen and oxygen atoms in total. The van der Waals surface area contributed by atoms with Gasteiger partial charge in [0.05, 0.1) is 25.0 Å². The molecular weight excluding hydrogens is 208 g/mol. The van der Waals surface area contributed by atoms with Gasteiger partial charge in [0.25, 0.3) is 5.56 Å². The van der Waals surface area contributed by atoms with Crippen molar-refractivity contribution in [3.05, 3.63) is 22.6 Å². The zero-order valence-electron chi connectivity index (χ0n) is 9.72. The number of rotatable bonds is 6. The predicted molar refractivity (Wildman–Crippen MR) is 62.7 cm³/mol. The minimum absolute atomic E-state index is 0.132. The number of ether oxygens (including phenoxy) is 1. The van der Waals surface area contributed by atoms with E-state index in [-0.39, 0.29) is 5.56 Å². The van der Waals surface area contributed by atoms with E-state index >= 15 is 0 Å². The van der Waals surface area contributed by atoms with Crippen LogP contribution in [0.4, 0.5) is 5.69 Å². The Morgan fingerprint density at radius 2 is 2.38 bits per heavy atom. The van der Waals surface area contributed by atoms with Crippen LogP contribution in [0.2, 0.25) is 0 Å². The van der Waals surface area contributed by atoms with Crippen LogP contribution in [0.15, 0.2) is 17.1 Å². The Kier molecular flexibility index (Phi) is 4.94. The van der Waals surface area contributed by atoms with Crippen LogP contribution >= 0.6 is 0 Å². The Labute approximate surface area is 94.6 Å². The van der Waals surface area contributed by atoms with Crippen molar-refractivity contribution in [1.29, 1.82) is 0 Å². The lowest BCUT2D eigenvalue weighted by Gasteiger charge is -2.18. The highest BCUT2D eigenvalue weighted by Gasteiger charge is 2.03. The molecule has 0 saturated carbocycles. The average molecular weight is 226 g/mol. The Hall–Kier alpha value is -1.40. The molecule has 16 heavy (non-hydrogen) atoms. The van der Waals surface area contributed by atoms with Crippen molar-refractivity contribution in [3.8, 4) is 0 Å². The zero-order valence-corrected chi connectivity index (χ0v) is 9.72. The highest BCUT2D eigenvalue weighted by atomic mass is 16.5. The van der Waals surface area contributed by atoms with Crippen molar-refractivity contribution in [1.82, 2.24) is 9.78 Å². The largest absolute Gasteiger partial charge is 0.383 e. The minimum Gasteiger partial charge on any atom is -0.383 e. The normalized spacial score (nSPS) is 10.4. The van der Waals surface area contributed by atoms with E-state index in [4.69, 9.17) is 10.5 Å². The van der Waals surface area contributed by atoms with Crippen LogP contribution in [0.3, 0.4) is 0 Å². The number of aromatic nitrogens is 2. The molecule has 0 aliphatic carbocycles. The van der Waals surface area contributed by atoms with Gasteiger partial charge in [-0.3, -0.25) is 4.79 Å². The van der Waals surface area contributed by atoms with Crippen LogP contribution in [-0.4, -0.2) is 43.6 Å². The van der Waals surface area contributed by atoms with Gasteiger partial charge in [-0.1, -0.05) is 0 Å². The van der Waals surface area contributed by atoms with Gasteiger partial charge in [0.1, 0.15) is 0 Å². The predicted octanol–water partition coefficient (Wildman–Crippen LogP) is -0.715. The highest BCUT2D eigenvalue weighted by molar-refractivity contribution is 5.41. The first-order valence-electron chi connectivity index (χ1n) is 5.16. The molecule has 0 bridgehead atoms. The maximum absolute atomic E-state index is 11.6. The topological polar surface area (TPSA) is 73.4 Å². The smallest absolute Gasteiger partial charge is 0.268 e. The third-order valence-corrected chi connectivity index (χ3v) is 2.27. The molecule has 0 radical (unpaired) electrons. The van der Waals surface area contributed by atoms with Gasteiger partial charge < -0.3 is 15.4 Å². The first-order valence-corrected chi connectivity index (χ1v) is 5.16. The first kappa shape index (κ1) is 12.7. The first-order chi connectivity index (χ1) is 7.69. The summed E-state index contributed by atoms with van der Waals surface area (Å²) in [5, 5.41) is 4.04. The van der Waals surface area contributed by atoms with E-state index in [1.54, 1.807) is 19.4 Å². The van der Waals surface area contributed by atoms with Crippen molar-refractivity contribution < 1.29 is 4.74 Å². The fourth-order valence-corrected chi connectivity index (χ4v) is 1.28. The molecule has 0 atom stereocenters. The SMILES string of the molecule is COCCN(C)c1cnn(CCN)c(=O)c1. The Bertz CT molecular complexity index is 377. The Balaban J connectivity index is 2.76. The summed E-state index contributed by atoms with van der Waals surface area (Å²) in [4.78, 5) is 13.5. The van der Waals surface area contributed by atoms with Crippen LogP contribution in [0.1, 0.15) is 0 Å². The number of methoxy groups -OCH3 is 1. The standard InChI is InChI=1S/C10H18N4O2/c1-13(5-6-16-2)9-7-10(15)14(4-3-11)12-8-9/h7-8H,3-6,11H2,1-2H3. The molecule has 1 rings (SSSR count). The van der Waals surface area contributed by atoms with Crippen molar-refractivity contribution >= 4 is 5.69 Å². The lowest BCUT2D eigenvalue weighted by Crippen LogP contribution is -2.29.